The molecule has 0 aliphatic carbocycles. The maximum Gasteiger partial charge on any atom is 0.316 e. The van der Waals surface area contributed by atoms with E-state index in [0.29, 0.717) is 0 Å². The van der Waals surface area contributed by atoms with Crippen LogP contribution in [0.4, 0.5) is 0 Å². The van der Waals surface area contributed by atoms with Crippen LogP contribution in [0.2, 0.25) is 0 Å². The molecule has 2 amide bonds. The van der Waals surface area contributed by atoms with Crippen molar-refractivity contribution in [2.75, 3.05) is 6.54 Å². The topological polar surface area (TPSA) is 141 Å². The highest BCUT2D eigenvalue weighted by molar-refractivity contribution is 5.95. The van der Waals surface area contributed by atoms with Gasteiger partial charge in [0.2, 0.25) is 5.82 Å². The van der Waals surface area contributed by atoms with Gasteiger partial charge in [-0.3, -0.25) is 9.59 Å². The van der Waals surface area contributed by atoms with Gasteiger partial charge in [-0.2, -0.15) is 4.98 Å². The molecule has 0 aliphatic rings. The number of nitrogens with two attached hydrogens (primary N) is 1. The number of hydrogen-bond acceptors (Lipinski definition) is 7. The van der Waals surface area contributed by atoms with Crippen LogP contribution < -0.4 is 15.8 Å². The van der Waals surface area contributed by atoms with E-state index in [-0.39, 0.29) is 36.2 Å². The van der Waals surface area contributed by atoms with Crippen molar-refractivity contribution in [2.24, 2.45) is 5.73 Å². The van der Waals surface area contributed by atoms with E-state index in [1.165, 1.54) is 13.0 Å². The van der Waals surface area contributed by atoms with E-state index in [4.69, 9.17) is 20.1 Å². The SMILES string of the molecule is CC(O)CNC(=O)c1nc(COc2ccccc2C(N)=O)no1. The number of nitrogens with zero attached hydrogens (tertiary/aromatic N) is 2. The number of para-hydroxylation sites is 1. The minimum absolute atomic E-state index is 0.0685. The molecule has 2 rings (SSSR count). The predicted molar refractivity (Wildman–Crippen MR) is 77.6 cm³/mol. The number of aliphatic hydroxyl groups is 1. The van der Waals surface area contributed by atoms with E-state index in [1.807, 2.05) is 0 Å². The molecule has 1 heterocycles. The van der Waals surface area contributed by atoms with Gasteiger partial charge in [0, 0.05) is 6.54 Å². The monoisotopic (exact) mass is 320 g/mol. The van der Waals surface area contributed by atoms with Crippen LogP contribution in [0, 0.1) is 0 Å². The van der Waals surface area contributed by atoms with Crippen molar-refractivity contribution >= 4 is 11.8 Å². The van der Waals surface area contributed by atoms with Gasteiger partial charge in [-0.15, -0.1) is 0 Å². The van der Waals surface area contributed by atoms with Crippen LogP contribution in [-0.2, 0) is 6.61 Å². The van der Waals surface area contributed by atoms with Crippen molar-refractivity contribution in [1.82, 2.24) is 15.5 Å². The maximum atomic E-state index is 11.7. The van der Waals surface area contributed by atoms with Crippen LogP contribution in [-0.4, -0.2) is 39.7 Å². The quantitative estimate of drug-likeness (QED) is 0.644. The second kappa shape index (κ2) is 7.36. The summed E-state index contributed by atoms with van der Waals surface area (Å²) in [5, 5.41) is 15.1. The van der Waals surface area contributed by atoms with Crippen molar-refractivity contribution in [3.63, 3.8) is 0 Å². The molecular formula is C14H16N4O5. The molecule has 9 nitrogen and oxygen atoms in total. The molecule has 4 N–H and O–H groups in total. The van der Waals surface area contributed by atoms with Crippen LogP contribution in [0.3, 0.4) is 0 Å². The van der Waals surface area contributed by atoms with E-state index >= 15 is 0 Å². The molecule has 0 bridgehead atoms. The molecule has 2 aromatic rings. The molecule has 1 aromatic carbocycles. The third-order valence-electron chi connectivity index (χ3n) is 2.73. The van der Waals surface area contributed by atoms with Crippen LogP contribution in [0.5, 0.6) is 5.75 Å². The largest absolute Gasteiger partial charge is 0.485 e. The Morgan fingerprint density at radius 2 is 2.17 bits per heavy atom. The number of benzene rings is 1. The molecule has 0 radical (unpaired) electrons. The summed E-state index contributed by atoms with van der Waals surface area (Å²) in [7, 11) is 0. The van der Waals surface area contributed by atoms with Crippen molar-refractivity contribution in [2.45, 2.75) is 19.6 Å². The fraction of sp³-hybridized carbons (Fsp3) is 0.286. The van der Waals surface area contributed by atoms with E-state index in [0.717, 1.165) is 0 Å². The lowest BCUT2D eigenvalue weighted by atomic mass is 10.2. The van der Waals surface area contributed by atoms with Gasteiger partial charge in [0.05, 0.1) is 11.7 Å². The minimum atomic E-state index is -0.685. The second-order valence-electron chi connectivity index (χ2n) is 4.72. The van der Waals surface area contributed by atoms with Crippen LogP contribution in [0.15, 0.2) is 28.8 Å². The first-order valence-corrected chi connectivity index (χ1v) is 6.78. The van der Waals surface area contributed by atoms with E-state index in [1.54, 1.807) is 18.2 Å². The Kier molecular flexibility index (Phi) is 5.26. The lowest BCUT2D eigenvalue weighted by molar-refractivity contribution is 0.0880. The Labute approximate surface area is 131 Å². The standard InChI is InChI=1S/C14H16N4O5/c1-8(19)6-16-13(21)14-17-11(18-23-14)7-22-10-5-3-2-4-9(10)12(15)20/h2-5,8,19H,6-7H2,1H3,(H2,15,20)(H,16,21). The molecule has 1 aromatic heterocycles. The van der Waals surface area contributed by atoms with E-state index in [2.05, 4.69) is 15.5 Å². The molecule has 0 saturated heterocycles. The normalized spacial score (nSPS) is 11.7. The van der Waals surface area contributed by atoms with Crippen molar-refractivity contribution < 1.29 is 24.0 Å². The summed E-state index contributed by atoms with van der Waals surface area (Å²) in [5.41, 5.74) is 5.47. The van der Waals surface area contributed by atoms with E-state index in [9.17, 15) is 9.59 Å². The van der Waals surface area contributed by atoms with Gasteiger partial charge >= 0.3 is 11.8 Å². The highest BCUT2D eigenvalue weighted by Gasteiger charge is 2.16. The van der Waals surface area contributed by atoms with Crippen molar-refractivity contribution in [1.29, 1.82) is 0 Å². The van der Waals surface area contributed by atoms with Gasteiger partial charge in [-0.25, -0.2) is 0 Å². The lowest BCUT2D eigenvalue weighted by Gasteiger charge is -2.06. The number of carbonyl (C=O) groups is 2. The van der Waals surface area contributed by atoms with Gasteiger partial charge in [0.15, 0.2) is 6.61 Å². The number of ether oxygens (including phenoxy) is 1. The fourth-order valence-corrected chi connectivity index (χ4v) is 1.66. The number of hydrogen-bond donors (Lipinski definition) is 3. The summed E-state index contributed by atoms with van der Waals surface area (Å²) in [6.45, 7) is 1.50. The number of carbonyl (C=O) groups excluding carboxylic acids is 2. The molecule has 0 spiro atoms. The highest BCUT2D eigenvalue weighted by Crippen LogP contribution is 2.18. The Bertz CT molecular complexity index is 698. The summed E-state index contributed by atoms with van der Waals surface area (Å²) < 4.78 is 10.2. The number of aromatic nitrogens is 2. The van der Waals surface area contributed by atoms with Crippen molar-refractivity contribution in [3.05, 3.63) is 41.5 Å². The van der Waals surface area contributed by atoms with Crippen molar-refractivity contribution in [3.8, 4) is 5.75 Å². The average molecular weight is 320 g/mol. The Hall–Kier alpha value is -2.94. The first-order valence-electron chi connectivity index (χ1n) is 6.78. The number of nitrogens with one attached hydrogen (secondary N) is 1. The molecule has 0 fully saturated rings. The van der Waals surface area contributed by atoms with Crippen LogP contribution in [0.1, 0.15) is 33.8 Å². The zero-order chi connectivity index (χ0) is 16.8. The molecule has 1 unspecified atom stereocenters. The summed E-state index contributed by atoms with van der Waals surface area (Å²) >= 11 is 0. The Morgan fingerprint density at radius 1 is 1.43 bits per heavy atom. The van der Waals surface area contributed by atoms with E-state index < -0.39 is 17.9 Å². The zero-order valence-corrected chi connectivity index (χ0v) is 12.4. The number of rotatable bonds is 7. The predicted octanol–water partition coefficient (Wildman–Crippen LogP) is -0.142. The minimum Gasteiger partial charge on any atom is -0.485 e. The summed E-state index contributed by atoms with van der Waals surface area (Å²) in [4.78, 5) is 26.8. The highest BCUT2D eigenvalue weighted by atomic mass is 16.5. The van der Waals surface area contributed by atoms with Crippen LogP contribution in [0.25, 0.3) is 0 Å². The third kappa shape index (κ3) is 4.51. The average Bonchev–Trinajstić information content (AvgIpc) is 2.99. The Morgan fingerprint density at radius 3 is 2.87 bits per heavy atom. The smallest absolute Gasteiger partial charge is 0.316 e. The molecule has 9 heteroatoms. The van der Waals surface area contributed by atoms with Gasteiger partial charge < -0.3 is 25.4 Å². The third-order valence-corrected chi connectivity index (χ3v) is 2.73. The molecule has 122 valence electrons. The molecule has 0 aliphatic heterocycles. The van der Waals surface area contributed by atoms with Gasteiger partial charge in [-0.1, -0.05) is 17.3 Å². The summed E-state index contributed by atoms with van der Waals surface area (Å²) in [5.74, 6) is -1.04. The van der Waals surface area contributed by atoms with Gasteiger partial charge in [0.25, 0.3) is 5.91 Å². The molecular weight excluding hydrogens is 304 g/mol. The molecule has 23 heavy (non-hydrogen) atoms. The first-order chi connectivity index (χ1) is 11.0. The molecule has 1 atom stereocenters. The summed E-state index contributed by atoms with van der Waals surface area (Å²) in [6, 6.07) is 6.46. The number of aliphatic hydroxyl groups excluding tert-OH is 1. The number of amides is 2. The second-order valence-corrected chi connectivity index (χ2v) is 4.72. The zero-order valence-electron chi connectivity index (χ0n) is 12.4. The molecule has 0 saturated carbocycles. The Balaban J connectivity index is 1.98. The fourth-order valence-electron chi connectivity index (χ4n) is 1.66. The number of primary amides is 1. The van der Waals surface area contributed by atoms with Gasteiger partial charge in [-0.05, 0) is 19.1 Å². The lowest BCUT2D eigenvalue weighted by Crippen LogP contribution is -2.30. The maximum absolute atomic E-state index is 11.7. The van der Waals surface area contributed by atoms with Crippen LogP contribution >= 0.6 is 0 Å². The van der Waals surface area contributed by atoms with Gasteiger partial charge in [0.1, 0.15) is 5.75 Å². The summed E-state index contributed by atoms with van der Waals surface area (Å²) in [6.07, 6.45) is -0.685. The first kappa shape index (κ1) is 16.4.